The number of quaternary nitrogens is 1. The summed E-state index contributed by atoms with van der Waals surface area (Å²) in [5.74, 6) is -1.52. The maximum Gasteiger partial charge on any atom is 0.390 e. The van der Waals surface area contributed by atoms with Gasteiger partial charge >= 0.3 is 5.97 Å². The minimum Gasteiger partial charge on any atom is -0.474 e. The quantitative estimate of drug-likeness (QED) is 0.826. The Balaban J connectivity index is 2.68. The van der Waals surface area contributed by atoms with E-state index in [4.69, 9.17) is 11.6 Å². The largest absolute Gasteiger partial charge is 0.474 e. The predicted octanol–water partition coefficient (Wildman–Crippen LogP) is 2.88. The molecule has 1 aromatic rings. The summed E-state index contributed by atoms with van der Waals surface area (Å²) in [6.07, 6.45) is 1.55. The van der Waals surface area contributed by atoms with E-state index in [0.29, 0.717) is 17.8 Å². The number of rotatable bonds is 2. The summed E-state index contributed by atoms with van der Waals surface area (Å²) in [5, 5.41) is 9.19. The van der Waals surface area contributed by atoms with Gasteiger partial charge in [-0.25, -0.2) is 9.18 Å². The summed E-state index contributed by atoms with van der Waals surface area (Å²) >= 11 is 5.70. The standard InChI is InChI=1S/C12H11ClFNO2/c1-3-15(2)10-6-9(14)8(13)4-7(10)5-11(15)12(16)17/h4-6H,3H2,1-2H3/p+1. The van der Waals surface area contributed by atoms with Crippen LogP contribution in [0.2, 0.25) is 5.02 Å². The van der Waals surface area contributed by atoms with Crippen LogP contribution in [0.5, 0.6) is 0 Å². The summed E-state index contributed by atoms with van der Waals surface area (Å²) in [7, 11) is 1.75. The molecule has 1 unspecified atom stereocenters. The minimum atomic E-state index is -0.998. The lowest BCUT2D eigenvalue weighted by Gasteiger charge is -2.29. The number of halogens is 2. The molecule has 0 saturated carbocycles. The van der Waals surface area contributed by atoms with Crippen LogP contribution in [-0.2, 0) is 4.79 Å². The molecule has 1 aliphatic heterocycles. The van der Waals surface area contributed by atoms with Gasteiger partial charge in [0.2, 0.25) is 5.70 Å². The fourth-order valence-electron chi connectivity index (χ4n) is 2.13. The molecule has 0 bridgehead atoms. The molecular weight excluding hydrogens is 245 g/mol. The molecule has 0 saturated heterocycles. The van der Waals surface area contributed by atoms with Gasteiger partial charge in [-0.15, -0.1) is 0 Å². The van der Waals surface area contributed by atoms with Crippen LogP contribution in [0, 0.1) is 5.82 Å². The van der Waals surface area contributed by atoms with Gasteiger partial charge in [-0.2, -0.15) is 0 Å². The van der Waals surface area contributed by atoms with Crippen molar-refractivity contribution in [3.63, 3.8) is 0 Å². The average Bonchev–Trinajstić information content (AvgIpc) is 2.55. The summed E-state index contributed by atoms with van der Waals surface area (Å²) in [6, 6.07) is 2.78. The highest BCUT2D eigenvalue weighted by Crippen LogP contribution is 2.41. The van der Waals surface area contributed by atoms with Gasteiger partial charge in [0.05, 0.1) is 18.6 Å². The Hall–Kier alpha value is -1.39. The van der Waals surface area contributed by atoms with Gasteiger partial charge in [-0.1, -0.05) is 11.6 Å². The third-order valence-electron chi connectivity index (χ3n) is 3.28. The van der Waals surface area contributed by atoms with Crippen molar-refractivity contribution in [1.82, 2.24) is 4.48 Å². The van der Waals surface area contributed by atoms with Gasteiger partial charge in [0, 0.05) is 17.7 Å². The number of hydrogen-bond acceptors (Lipinski definition) is 1. The van der Waals surface area contributed by atoms with Crippen LogP contribution in [0.25, 0.3) is 6.08 Å². The van der Waals surface area contributed by atoms with Crippen molar-refractivity contribution in [3.05, 3.63) is 34.2 Å². The van der Waals surface area contributed by atoms with E-state index in [0.717, 1.165) is 0 Å². The Morgan fingerprint density at radius 2 is 2.18 bits per heavy atom. The summed E-state index contributed by atoms with van der Waals surface area (Å²) in [5.41, 5.74) is 1.52. The van der Waals surface area contributed by atoms with Crippen molar-refractivity contribution in [2.24, 2.45) is 0 Å². The lowest BCUT2D eigenvalue weighted by molar-refractivity contribution is -0.133. The van der Waals surface area contributed by atoms with E-state index in [1.165, 1.54) is 12.1 Å². The first kappa shape index (κ1) is 12.1. The van der Waals surface area contributed by atoms with Gasteiger partial charge in [0.1, 0.15) is 11.5 Å². The number of nitrogens with zero attached hydrogens (tertiary/aromatic N) is 1. The highest BCUT2D eigenvalue weighted by Gasteiger charge is 2.41. The molecule has 0 radical (unpaired) electrons. The van der Waals surface area contributed by atoms with Crippen LogP contribution in [0.1, 0.15) is 12.5 Å². The first-order chi connectivity index (χ1) is 7.90. The first-order valence-electron chi connectivity index (χ1n) is 5.21. The lowest BCUT2D eigenvalue weighted by atomic mass is 10.2. The molecule has 1 N–H and O–H groups in total. The van der Waals surface area contributed by atoms with Gasteiger partial charge in [0.25, 0.3) is 0 Å². The minimum absolute atomic E-state index is 0.00860. The number of carbonyl (C=O) groups is 1. The molecule has 0 fully saturated rings. The second-order valence-electron chi connectivity index (χ2n) is 4.17. The molecule has 1 aliphatic rings. The zero-order valence-electron chi connectivity index (χ0n) is 9.50. The summed E-state index contributed by atoms with van der Waals surface area (Å²) in [6.45, 7) is 2.39. The summed E-state index contributed by atoms with van der Waals surface area (Å²) < 4.78 is 13.6. The second-order valence-corrected chi connectivity index (χ2v) is 4.57. The number of hydrogen-bond donors (Lipinski definition) is 1. The van der Waals surface area contributed by atoms with Crippen LogP contribution in [-0.4, -0.2) is 24.7 Å². The van der Waals surface area contributed by atoms with Crippen LogP contribution < -0.4 is 4.48 Å². The molecule has 1 heterocycles. The highest BCUT2D eigenvalue weighted by molar-refractivity contribution is 6.31. The molecule has 90 valence electrons. The number of likely N-dealkylation sites (N-methyl/N-ethyl adjacent to an activating group) is 1. The monoisotopic (exact) mass is 256 g/mol. The molecule has 0 amide bonds. The van der Waals surface area contributed by atoms with E-state index in [2.05, 4.69) is 0 Å². The van der Waals surface area contributed by atoms with Gasteiger partial charge in [-0.3, -0.25) is 4.48 Å². The number of carboxylic acid groups (broad SMARTS) is 1. The molecule has 0 aromatic heterocycles. The van der Waals surface area contributed by atoms with Gasteiger partial charge in [-0.05, 0) is 13.0 Å². The van der Waals surface area contributed by atoms with Crippen molar-refractivity contribution in [3.8, 4) is 0 Å². The highest BCUT2D eigenvalue weighted by atomic mass is 35.5. The Morgan fingerprint density at radius 3 is 2.71 bits per heavy atom. The molecule has 3 nitrogen and oxygen atoms in total. The Labute approximate surface area is 103 Å². The fraction of sp³-hybridized carbons (Fsp3) is 0.250. The Bertz CT molecular complexity index is 542. The number of fused-ring (bicyclic) bond motifs is 1. The van der Waals surface area contributed by atoms with Crippen LogP contribution in [0.4, 0.5) is 10.1 Å². The maximum atomic E-state index is 13.5. The normalized spacial score (nSPS) is 22.2. The molecular formula is C12H12ClFNO2+. The van der Waals surface area contributed by atoms with E-state index in [1.54, 1.807) is 13.1 Å². The van der Waals surface area contributed by atoms with Crippen molar-refractivity contribution >= 4 is 29.3 Å². The summed E-state index contributed by atoms with van der Waals surface area (Å²) in [4.78, 5) is 11.2. The van der Waals surface area contributed by atoms with E-state index in [9.17, 15) is 14.3 Å². The molecule has 17 heavy (non-hydrogen) atoms. The smallest absolute Gasteiger partial charge is 0.390 e. The first-order valence-corrected chi connectivity index (χ1v) is 5.58. The molecule has 1 aromatic carbocycles. The lowest BCUT2D eigenvalue weighted by Crippen LogP contribution is -2.44. The van der Waals surface area contributed by atoms with E-state index >= 15 is 0 Å². The second kappa shape index (κ2) is 3.82. The number of aliphatic carboxylic acids is 1. The molecule has 5 heteroatoms. The van der Waals surface area contributed by atoms with Crippen LogP contribution >= 0.6 is 11.6 Å². The van der Waals surface area contributed by atoms with Gasteiger partial charge in [0.15, 0.2) is 0 Å². The van der Waals surface area contributed by atoms with E-state index < -0.39 is 11.8 Å². The Kier molecular flexibility index (Phi) is 2.72. The third kappa shape index (κ3) is 1.64. The molecule has 0 spiro atoms. The molecule has 1 atom stereocenters. The van der Waals surface area contributed by atoms with Gasteiger partial charge < -0.3 is 5.11 Å². The fourth-order valence-corrected chi connectivity index (χ4v) is 2.30. The van der Waals surface area contributed by atoms with Crippen molar-refractivity contribution in [2.75, 3.05) is 13.6 Å². The van der Waals surface area contributed by atoms with Crippen molar-refractivity contribution < 1.29 is 14.3 Å². The van der Waals surface area contributed by atoms with Crippen molar-refractivity contribution in [2.45, 2.75) is 6.92 Å². The average molecular weight is 257 g/mol. The topological polar surface area (TPSA) is 37.3 Å². The maximum absolute atomic E-state index is 13.5. The number of benzene rings is 1. The zero-order valence-corrected chi connectivity index (χ0v) is 10.3. The Morgan fingerprint density at radius 1 is 1.53 bits per heavy atom. The zero-order chi connectivity index (χ0) is 12.8. The molecule has 0 aliphatic carbocycles. The van der Waals surface area contributed by atoms with E-state index in [1.807, 2.05) is 6.92 Å². The predicted molar refractivity (Wildman–Crippen MR) is 65.3 cm³/mol. The third-order valence-corrected chi connectivity index (χ3v) is 3.57. The number of carboxylic acids is 1. The van der Waals surface area contributed by atoms with E-state index in [-0.39, 0.29) is 15.2 Å². The van der Waals surface area contributed by atoms with Crippen molar-refractivity contribution in [1.29, 1.82) is 0 Å². The molecule has 2 rings (SSSR count). The SMILES string of the molecule is CC[N+]1(C)C(C(=O)O)=Cc2cc(Cl)c(F)cc21. The van der Waals surface area contributed by atoms with Crippen LogP contribution in [0.3, 0.4) is 0 Å². The van der Waals surface area contributed by atoms with Crippen LogP contribution in [0.15, 0.2) is 17.8 Å².